The smallest absolute Gasteiger partial charge is 0.248 e. The van der Waals surface area contributed by atoms with Crippen LogP contribution in [0.2, 0.25) is 0 Å². The Morgan fingerprint density at radius 1 is 1.24 bits per heavy atom. The average Bonchev–Trinajstić information content (AvgIpc) is 2.58. The quantitative estimate of drug-likeness (QED) is 0.799. The third-order valence-corrected chi connectivity index (χ3v) is 5.23. The summed E-state index contributed by atoms with van der Waals surface area (Å²) >= 11 is 0. The van der Waals surface area contributed by atoms with E-state index < -0.39 is 5.54 Å². The molecule has 1 spiro atoms. The van der Waals surface area contributed by atoms with Gasteiger partial charge < -0.3 is 15.0 Å². The van der Waals surface area contributed by atoms with Crippen LogP contribution in [0.4, 0.5) is 0 Å². The molecule has 2 amide bonds. The molecule has 0 aromatic rings. The fourth-order valence-electron chi connectivity index (χ4n) is 4.08. The van der Waals surface area contributed by atoms with Crippen LogP contribution < -0.4 is 5.32 Å². The van der Waals surface area contributed by atoms with Gasteiger partial charge in [-0.25, -0.2) is 0 Å². The number of nitrogens with zero attached hydrogens (tertiary/aromatic N) is 1. The first kappa shape index (κ1) is 14.8. The molecule has 5 nitrogen and oxygen atoms in total. The van der Waals surface area contributed by atoms with Crippen LogP contribution in [0.5, 0.6) is 0 Å². The summed E-state index contributed by atoms with van der Waals surface area (Å²) in [5.41, 5.74) is -0.618. The van der Waals surface area contributed by atoms with Gasteiger partial charge in [0.05, 0.1) is 6.10 Å². The Hall–Kier alpha value is -1.10. The molecule has 3 aliphatic rings. The predicted octanol–water partition coefficient (Wildman–Crippen LogP) is 1.61. The van der Waals surface area contributed by atoms with E-state index in [1.165, 1.54) is 6.42 Å². The van der Waals surface area contributed by atoms with Crippen molar-refractivity contribution < 1.29 is 14.3 Å². The van der Waals surface area contributed by atoms with E-state index in [0.717, 1.165) is 38.5 Å². The number of hydrogen-bond acceptors (Lipinski definition) is 3. The summed E-state index contributed by atoms with van der Waals surface area (Å²) in [6.07, 6.45) is 7.23. The maximum atomic E-state index is 13.1. The second-order valence-electron chi connectivity index (χ2n) is 6.80. The fraction of sp³-hybridized carbons (Fsp3) is 0.875. The molecule has 1 N–H and O–H groups in total. The van der Waals surface area contributed by atoms with Gasteiger partial charge in [-0.3, -0.25) is 9.59 Å². The molecule has 21 heavy (non-hydrogen) atoms. The highest BCUT2D eigenvalue weighted by atomic mass is 16.5. The van der Waals surface area contributed by atoms with Crippen LogP contribution in [0.1, 0.15) is 58.3 Å². The molecule has 118 valence electrons. The molecule has 0 aromatic carbocycles. The van der Waals surface area contributed by atoms with Crippen molar-refractivity contribution in [1.29, 1.82) is 0 Å². The van der Waals surface area contributed by atoms with Crippen LogP contribution in [0.3, 0.4) is 0 Å². The van der Waals surface area contributed by atoms with Crippen molar-refractivity contribution in [1.82, 2.24) is 10.2 Å². The van der Waals surface area contributed by atoms with Crippen LogP contribution in [-0.2, 0) is 14.3 Å². The summed E-state index contributed by atoms with van der Waals surface area (Å²) in [5.74, 6) is 0.194. The summed E-state index contributed by atoms with van der Waals surface area (Å²) in [6.45, 7) is 3.34. The maximum absolute atomic E-state index is 13.1. The van der Waals surface area contributed by atoms with E-state index in [-0.39, 0.29) is 24.0 Å². The van der Waals surface area contributed by atoms with Gasteiger partial charge in [0.15, 0.2) is 0 Å². The van der Waals surface area contributed by atoms with Crippen molar-refractivity contribution in [3.63, 3.8) is 0 Å². The van der Waals surface area contributed by atoms with E-state index in [4.69, 9.17) is 4.74 Å². The van der Waals surface area contributed by atoms with E-state index in [1.54, 1.807) is 0 Å². The minimum absolute atomic E-state index is 0.0351. The highest BCUT2D eigenvalue weighted by molar-refractivity contribution is 5.93. The number of amides is 2. The molecule has 2 unspecified atom stereocenters. The van der Waals surface area contributed by atoms with Crippen LogP contribution in [0, 0.1) is 0 Å². The molecule has 1 saturated carbocycles. The number of carbonyl (C=O) groups is 2. The molecule has 0 radical (unpaired) electrons. The molecule has 3 fully saturated rings. The SMILES string of the molecule is CC1CC(N2CCC(=O)NC3(CCCCC3)C2=O)CCO1. The van der Waals surface area contributed by atoms with Gasteiger partial charge in [0.2, 0.25) is 11.8 Å². The van der Waals surface area contributed by atoms with Crippen LogP contribution in [0.15, 0.2) is 0 Å². The van der Waals surface area contributed by atoms with Gasteiger partial charge in [0.1, 0.15) is 5.54 Å². The second-order valence-corrected chi connectivity index (χ2v) is 6.80. The van der Waals surface area contributed by atoms with Crippen molar-refractivity contribution >= 4 is 11.8 Å². The number of carbonyl (C=O) groups excluding carboxylic acids is 2. The third-order valence-electron chi connectivity index (χ3n) is 5.23. The zero-order chi connectivity index (χ0) is 14.9. The van der Waals surface area contributed by atoms with Gasteiger partial charge in [0, 0.05) is 25.6 Å². The first-order chi connectivity index (χ1) is 10.1. The zero-order valence-corrected chi connectivity index (χ0v) is 12.9. The molecule has 2 atom stereocenters. The summed E-state index contributed by atoms with van der Waals surface area (Å²) in [4.78, 5) is 27.2. The Kier molecular flexibility index (Phi) is 4.20. The van der Waals surface area contributed by atoms with Crippen LogP contribution >= 0.6 is 0 Å². The van der Waals surface area contributed by atoms with Gasteiger partial charge >= 0.3 is 0 Å². The largest absolute Gasteiger partial charge is 0.378 e. The Bertz CT molecular complexity index is 418. The van der Waals surface area contributed by atoms with E-state index in [0.29, 0.717) is 19.6 Å². The fourth-order valence-corrected chi connectivity index (χ4v) is 4.08. The van der Waals surface area contributed by atoms with Crippen LogP contribution in [-0.4, -0.2) is 47.6 Å². The number of nitrogens with one attached hydrogen (secondary N) is 1. The minimum atomic E-state index is -0.618. The maximum Gasteiger partial charge on any atom is 0.248 e. The standard InChI is InChI=1S/C16H26N2O3/c1-12-11-13(6-10-21-12)18-9-5-14(19)17-16(15(18)20)7-3-2-4-8-16/h12-13H,2-11H2,1H3,(H,17,19). The number of rotatable bonds is 1. The summed E-state index contributed by atoms with van der Waals surface area (Å²) < 4.78 is 5.60. The predicted molar refractivity (Wildman–Crippen MR) is 78.7 cm³/mol. The van der Waals surface area contributed by atoms with Gasteiger partial charge in [-0.2, -0.15) is 0 Å². The lowest BCUT2D eigenvalue weighted by molar-refractivity contribution is -0.145. The monoisotopic (exact) mass is 294 g/mol. The Balaban J connectivity index is 1.82. The normalized spacial score (nSPS) is 33.7. The van der Waals surface area contributed by atoms with Gasteiger partial charge in [0.25, 0.3) is 0 Å². The molecule has 2 saturated heterocycles. The first-order valence-electron chi connectivity index (χ1n) is 8.34. The van der Waals surface area contributed by atoms with Crippen molar-refractivity contribution in [2.45, 2.75) is 76.0 Å². The van der Waals surface area contributed by atoms with E-state index in [1.807, 2.05) is 4.90 Å². The van der Waals surface area contributed by atoms with Gasteiger partial charge in [-0.1, -0.05) is 19.3 Å². The third kappa shape index (κ3) is 2.93. The van der Waals surface area contributed by atoms with Crippen molar-refractivity contribution in [3.8, 4) is 0 Å². The summed E-state index contributed by atoms with van der Waals surface area (Å²) in [5, 5.41) is 3.06. The molecule has 0 bridgehead atoms. The topological polar surface area (TPSA) is 58.6 Å². The molecule has 5 heteroatoms. The van der Waals surface area contributed by atoms with Crippen LogP contribution in [0.25, 0.3) is 0 Å². The number of ether oxygens (including phenoxy) is 1. The Morgan fingerprint density at radius 2 is 2.00 bits per heavy atom. The molecule has 2 heterocycles. The van der Waals surface area contributed by atoms with E-state index in [9.17, 15) is 9.59 Å². The molecule has 0 aromatic heterocycles. The molecular weight excluding hydrogens is 268 g/mol. The summed E-state index contributed by atoms with van der Waals surface area (Å²) in [7, 11) is 0. The van der Waals surface area contributed by atoms with Crippen molar-refractivity contribution in [2.75, 3.05) is 13.2 Å². The van der Waals surface area contributed by atoms with Crippen molar-refractivity contribution in [2.24, 2.45) is 0 Å². The second kappa shape index (κ2) is 5.95. The zero-order valence-electron chi connectivity index (χ0n) is 12.9. The molecule has 1 aliphatic carbocycles. The minimum Gasteiger partial charge on any atom is -0.378 e. The average molecular weight is 294 g/mol. The lowest BCUT2D eigenvalue weighted by atomic mass is 9.80. The molecular formula is C16H26N2O3. The Labute approximate surface area is 126 Å². The number of hydrogen-bond donors (Lipinski definition) is 1. The van der Waals surface area contributed by atoms with E-state index >= 15 is 0 Å². The highest BCUT2D eigenvalue weighted by Crippen LogP contribution is 2.33. The molecule has 2 aliphatic heterocycles. The Morgan fingerprint density at radius 3 is 2.71 bits per heavy atom. The van der Waals surface area contributed by atoms with Gasteiger partial charge in [-0.15, -0.1) is 0 Å². The summed E-state index contributed by atoms with van der Waals surface area (Å²) in [6, 6.07) is 0.229. The first-order valence-corrected chi connectivity index (χ1v) is 8.34. The van der Waals surface area contributed by atoms with Gasteiger partial charge in [-0.05, 0) is 32.6 Å². The van der Waals surface area contributed by atoms with E-state index in [2.05, 4.69) is 12.2 Å². The highest BCUT2D eigenvalue weighted by Gasteiger charge is 2.46. The van der Waals surface area contributed by atoms with Crippen molar-refractivity contribution in [3.05, 3.63) is 0 Å². The lowest BCUT2D eigenvalue weighted by Gasteiger charge is -2.42. The lowest BCUT2D eigenvalue weighted by Crippen LogP contribution is -2.60. The molecule has 3 rings (SSSR count).